The molecule has 3 nitrogen and oxygen atoms in total. The Balaban J connectivity index is 2.60. The van der Waals surface area contributed by atoms with E-state index in [9.17, 15) is 0 Å². The third kappa shape index (κ3) is 2.11. The normalized spacial score (nSPS) is 11.4. The molecule has 0 aliphatic heterocycles. The lowest BCUT2D eigenvalue weighted by Gasteiger charge is -2.06. The van der Waals surface area contributed by atoms with Crippen molar-refractivity contribution in [1.29, 1.82) is 0 Å². The molecule has 2 aromatic rings. The highest BCUT2D eigenvalue weighted by atomic mass is 79.9. The monoisotopic (exact) mass is 296 g/mol. The maximum Gasteiger partial charge on any atom is 0.195 e. The molecule has 0 fully saturated rings. The van der Waals surface area contributed by atoms with Gasteiger partial charge in [-0.25, -0.2) is 4.98 Å². The molecular weight excluding hydrogens is 280 g/mol. The average Bonchev–Trinajstić information content (AvgIpc) is 2.75. The maximum atomic E-state index is 5.82. The van der Waals surface area contributed by atoms with Gasteiger partial charge in [-0.2, -0.15) is 0 Å². The van der Waals surface area contributed by atoms with Crippen molar-refractivity contribution in [2.75, 3.05) is 6.54 Å². The van der Waals surface area contributed by atoms with Crippen LogP contribution in [0.5, 0.6) is 0 Å². The summed E-state index contributed by atoms with van der Waals surface area (Å²) in [6.45, 7) is 6.90. The van der Waals surface area contributed by atoms with E-state index >= 15 is 0 Å². The Morgan fingerprint density at radius 3 is 2.53 bits per heavy atom. The standard InChI is InChI=1S/C13H17BrN2O/c1-7-8(2)12-13(9(3)11(7)14)17-10(16-12)5-4-6-15/h4-6,15H2,1-3H3. The SMILES string of the molecule is Cc1c(Br)c(C)c2oc(CCCN)nc2c1C. The van der Waals surface area contributed by atoms with Crippen LogP contribution in [0.25, 0.3) is 11.1 Å². The van der Waals surface area contributed by atoms with Crippen LogP contribution >= 0.6 is 15.9 Å². The van der Waals surface area contributed by atoms with Gasteiger partial charge in [-0.15, -0.1) is 0 Å². The molecule has 1 aromatic carbocycles. The Morgan fingerprint density at radius 2 is 1.88 bits per heavy atom. The van der Waals surface area contributed by atoms with Gasteiger partial charge < -0.3 is 10.2 Å². The molecule has 0 amide bonds. The van der Waals surface area contributed by atoms with Crippen LogP contribution in [-0.2, 0) is 6.42 Å². The first-order valence-corrected chi connectivity index (χ1v) is 6.60. The van der Waals surface area contributed by atoms with Crippen LogP contribution in [0.2, 0.25) is 0 Å². The summed E-state index contributed by atoms with van der Waals surface area (Å²) in [5, 5.41) is 0. The maximum absolute atomic E-state index is 5.82. The van der Waals surface area contributed by atoms with E-state index in [1.165, 1.54) is 11.1 Å². The molecule has 92 valence electrons. The smallest absolute Gasteiger partial charge is 0.195 e. The fraction of sp³-hybridized carbons (Fsp3) is 0.462. The summed E-state index contributed by atoms with van der Waals surface area (Å²) < 4.78 is 6.94. The second-order valence-electron chi connectivity index (χ2n) is 4.37. The zero-order chi connectivity index (χ0) is 12.6. The fourth-order valence-corrected chi connectivity index (χ4v) is 2.43. The number of rotatable bonds is 3. The molecule has 0 bridgehead atoms. The van der Waals surface area contributed by atoms with Gasteiger partial charge in [0.25, 0.3) is 0 Å². The summed E-state index contributed by atoms with van der Waals surface area (Å²) in [5.41, 5.74) is 10.9. The van der Waals surface area contributed by atoms with Crippen molar-refractivity contribution in [3.05, 3.63) is 27.1 Å². The van der Waals surface area contributed by atoms with Crippen molar-refractivity contribution in [3.8, 4) is 0 Å². The first-order chi connectivity index (χ1) is 8.06. The summed E-state index contributed by atoms with van der Waals surface area (Å²) >= 11 is 3.61. The van der Waals surface area contributed by atoms with Gasteiger partial charge in [0.1, 0.15) is 5.52 Å². The van der Waals surface area contributed by atoms with E-state index in [4.69, 9.17) is 10.2 Å². The molecule has 2 N–H and O–H groups in total. The summed E-state index contributed by atoms with van der Waals surface area (Å²) in [4.78, 5) is 4.57. The van der Waals surface area contributed by atoms with E-state index in [1.807, 2.05) is 0 Å². The zero-order valence-corrected chi connectivity index (χ0v) is 12.0. The number of nitrogens with two attached hydrogens (primary N) is 1. The van der Waals surface area contributed by atoms with E-state index in [1.54, 1.807) is 0 Å². The summed E-state index contributed by atoms with van der Waals surface area (Å²) in [7, 11) is 0. The van der Waals surface area contributed by atoms with Crippen LogP contribution in [0.15, 0.2) is 8.89 Å². The van der Waals surface area contributed by atoms with Gasteiger partial charge in [0, 0.05) is 16.5 Å². The molecule has 0 unspecified atom stereocenters. The van der Waals surface area contributed by atoms with Gasteiger partial charge in [-0.05, 0) is 44.9 Å². The van der Waals surface area contributed by atoms with E-state index in [0.29, 0.717) is 6.54 Å². The molecule has 17 heavy (non-hydrogen) atoms. The number of oxazole rings is 1. The van der Waals surface area contributed by atoms with Crippen molar-refractivity contribution in [2.24, 2.45) is 5.73 Å². The Labute approximate surface area is 110 Å². The molecule has 1 heterocycles. The highest BCUT2D eigenvalue weighted by molar-refractivity contribution is 9.10. The quantitative estimate of drug-likeness (QED) is 0.944. The third-order valence-corrected chi connectivity index (χ3v) is 4.37. The average molecular weight is 297 g/mol. The third-order valence-electron chi connectivity index (χ3n) is 3.18. The molecule has 2 rings (SSSR count). The van der Waals surface area contributed by atoms with Crippen molar-refractivity contribution in [2.45, 2.75) is 33.6 Å². The van der Waals surface area contributed by atoms with Crippen LogP contribution < -0.4 is 5.73 Å². The van der Waals surface area contributed by atoms with Gasteiger partial charge >= 0.3 is 0 Å². The molecule has 0 radical (unpaired) electrons. The minimum atomic E-state index is 0.666. The van der Waals surface area contributed by atoms with E-state index in [0.717, 1.165) is 39.9 Å². The molecule has 4 heteroatoms. The van der Waals surface area contributed by atoms with Crippen LogP contribution in [-0.4, -0.2) is 11.5 Å². The minimum Gasteiger partial charge on any atom is -0.440 e. The lowest BCUT2D eigenvalue weighted by atomic mass is 10.1. The van der Waals surface area contributed by atoms with Gasteiger partial charge in [0.15, 0.2) is 11.5 Å². The van der Waals surface area contributed by atoms with Gasteiger partial charge in [0.2, 0.25) is 0 Å². The first kappa shape index (κ1) is 12.6. The van der Waals surface area contributed by atoms with Crippen LogP contribution in [0.1, 0.15) is 29.0 Å². The largest absolute Gasteiger partial charge is 0.440 e. The van der Waals surface area contributed by atoms with Gasteiger partial charge in [-0.1, -0.05) is 15.9 Å². The number of fused-ring (bicyclic) bond motifs is 1. The first-order valence-electron chi connectivity index (χ1n) is 5.81. The van der Waals surface area contributed by atoms with E-state index in [-0.39, 0.29) is 0 Å². The molecule has 0 saturated carbocycles. The highest BCUT2D eigenvalue weighted by Gasteiger charge is 2.15. The predicted molar refractivity (Wildman–Crippen MR) is 73.3 cm³/mol. The van der Waals surface area contributed by atoms with Gasteiger partial charge in [0.05, 0.1) is 0 Å². The van der Waals surface area contributed by atoms with Crippen LogP contribution in [0.3, 0.4) is 0 Å². The Bertz CT molecular complexity index is 515. The highest BCUT2D eigenvalue weighted by Crippen LogP contribution is 2.33. The summed E-state index contributed by atoms with van der Waals surface area (Å²) in [5.74, 6) is 0.786. The number of aromatic nitrogens is 1. The van der Waals surface area contributed by atoms with Crippen molar-refractivity contribution >= 4 is 27.0 Å². The predicted octanol–water partition coefficient (Wildman–Crippen LogP) is 3.41. The lowest BCUT2D eigenvalue weighted by molar-refractivity contribution is 0.519. The number of hydrogen-bond donors (Lipinski definition) is 1. The second kappa shape index (κ2) is 4.78. The fourth-order valence-electron chi connectivity index (χ4n) is 1.96. The number of hydrogen-bond acceptors (Lipinski definition) is 3. The molecule has 0 spiro atoms. The molecule has 0 aliphatic carbocycles. The molecule has 0 saturated heterocycles. The number of aryl methyl sites for hydroxylation is 3. The molecule has 1 aromatic heterocycles. The van der Waals surface area contributed by atoms with Crippen molar-refractivity contribution in [1.82, 2.24) is 4.98 Å². The molecular formula is C13H17BrN2O. The summed E-state index contributed by atoms with van der Waals surface area (Å²) in [6, 6.07) is 0. The van der Waals surface area contributed by atoms with Crippen LogP contribution in [0, 0.1) is 20.8 Å². The van der Waals surface area contributed by atoms with Crippen LogP contribution in [0.4, 0.5) is 0 Å². The number of halogens is 1. The molecule has 0 aliphatic rings. The topological polar surface area (TPSA) is 52.0 Å². The van der Waals surface area contributed by atoms with Gasteiger partial charge in [-0.3, -0.25) is 0 Å². The lowest BCUT2D eigenvalue weighted by Crippen LogP contribution is -2.00. The molecule has 0 atom stereocenters. The number of benzene rings is 1. The Morgan fingerprint density at radius 1 is 1.18 bits per heavy atom. The van der Waals surface area contributed by atoms with E-state index < -0.39 is 0 Å². The van der Waals surface area contributed by atoms with Crippen molar-refractivity contribution < 1.29 is 4.42 Å². The zero-order valence-electron chi connectivity index (χ0n) is 10.4. The van der Waals surface area contributed by atoms with E-state index in [2.05, 4.69) is 41.7 Å². The second-order valence-corrected chi connectivity index (χ2v) is 5.16. The summed E-state index contributed by atoms with van der Waals surface area (Å²) in [6.07, 6.45) is 1.71. The Kier molecular flexibility index (Phi) is 3.54. The minimum absolute atomic E-state index is 0.666. The number of nitrogens with zero attached hydrogens (tertiary/aromatic N) is 1. The van der Waals surface area contributed by atoms with Crippen molar-refractivity contribution in [3.63, 3.8) is 0 Å². The Hall–Kier alpha value is -0.870.